The maximum absolute atomic E-state index is 12.2. The Morgan fingerprint density at radius 1 is 1.30 bits per heavy atom. The van der Waals surface area contributed by atoms with E-state index in [9.17, 15) is 9.59 Å². The van der Waals surface area contributed by atoms with Gasteiger partial charge < -0.3 is 10.2 Å². The highest BCUT2D eigenvalue weighted by Crippen LogP contribution is 2.15. The fourth-order valence-electron chi connectivity index (χ4n) is 2.33. The molecule has 0 radical (unpaired) electrons. The summed E-state index contributed by atoms with van der Waals surface area (Å²) in [6.45, 7) is 2.04. The van der Waals surface area contributed by atoms with Gasteiger partial charge in [0.2, 0.25) is 11.8 Å². The zero-order valence-corrected chi connectivity index (χ0v) is 12.0. The van der Waals surface area contributed by atoms with Crippen molar-refractivity contribution < 1.29 is 9.59 Å². The van der Waals surface area contributed by atoms with E-state index in [0.717, 1.165) is 5.56 Å². The molecule has 2 amide bonds. The molecule has 0 aliphatic carbocycles. The van der Waals surface area contributed by atoms with E-state index in [-0.39, 0.29) is 11.8 Å². The molecule has 20 heavy (non-hydrogen) atoms. The molecule has 1 fully saturated rings. The molecule has 1 aromatic rings. The maximum atomic E-state index is 12.2. The van der Waals surface area contributed by atoms with Crippen molar-refractivity contribution in [2.45, 2.75) is 25.4 Å². The third-order valence-corrected chi connectivity index (χ3v) is 3.53. The number of nitrogens with one attached hydrogen (secondary N) is 1. The van der Waals surface area contributed by atoms with Gasteiger partial charge in [-0.05, 0) is 12.5 Å². The van der Waals surface area contributed by atoms with Gasteiger partial charge in [-0.15, -0.1) is 0 Å². The van der Waals surface area contributed by atoms with Crippen LogP contribution < -0.4 is 5.32 Å². The van der Waals surface area contributed by atoms with E-state index in [1.807, 2.05) is 30.3 Å². The summed E-state index contributed by atoms with van der Waals surface area (Å²) >= 11 is 5.53. The van der Waals surface area contributed by atoms with E-state index in [1.165, 1.54) is 5.54 Å². The van der Waals surface area contributed by atoms with Gasteiger partial charge in [-0.3, -0.25) is 9.59 Å². The Morgan fingerprint density at radius 3 is 2.65 bits per heavy atom. The Bertz CT molecular complexity index is 516. The number of piperazine rings is 1. The molecule has 1 N–H and O–H groups in total. The second-order valence-electron chi connectivity index (χ2n) is 4.79. The first-order chi connectivity index (χ1) is 9.63. The third-order valence-electron chi connectivity index (χ3n) is 3.35. The number of carbonyl (C=O) groups excluding carboxylic acids is 2. The monoisotopic (exact) mass is 292 g/mol. The molecule has 2 rings (SSSR count). The quantitative estimate of drug-likeness (QED) is 0.918. The van der Waals surface area contributed by atoms with Crippen LogP contribution in [0.1, 0.15) is 12.5 Å². The lowest BCUT2D eigenvalue weighted by atomic mass is 10.00. The number of amides is 2. The lowest BCUT2D eigenvalue weighted by Gasteiger charge is -2.37. The summed E-state index contributed by atoms with van der Waals surface area (Å²) in [5, 5.41) is 2.72. The highest BCUT2D eigenvalue weighted by molar-refractivity contribution is 6.25. The lowest BCUT2D eigenvalue weighted by Crippen LogP contribution is -2.63. The fourth-order valence-corrected chi connectivity index (χ4v) is 2.41. The molecule has 1 aromatic carbocycles. The molecule has 2 atom stereocenters. The van der Waals surface area contributed by atoms with Crippen molar-refractivity contribution in [1.29, 1.82) is 0 Å². The Labute approximate surface area is 123 Å². The average Bonchev–Trinajstić information content (AvgIpc) is 2.45. The minimum absolute atomic E-state index is 0.0831. The van der Waals surface area contributed by atoms with Gasteiger partial charge in [0.15, 0.2) is 0 Å². The zero-order valence-electron chi connectivity index (χ0n) is 11.3. The van der Waals surface area contributed by atoms with Crippen molar-refractivity contribution in [2.75, 3.05) is 6.54 Å². The summed E-state index contributed by atoms with van der Waals surface area (Å²) in [5.41, 5.74) is 2.39. The standard InChI is InChI=1S/C15H17ClN2O2/c1-11-15(20)18(9-5-8-16)13(14(19)17-11)10-12-6-3-2-4-7-12/h2-8,11,13H,9-10H2,1H3,(H,17,19)/b8-5+. The van der Waals surface area contributed by atoms with Crippen LogP contribution in [-0.4, -0.2) is 35.3 Å². The second-order valence-corrected chi connectivity index (χ2v) is 5.04. The number of halogens is 1. The lowest BCUT2D eigenvalue weighted by molar-refractivity contribution is -0.148. The number of rotatable bonds is 4. The number of benzene rings is 1. The second kappa shape index (κ2) is 6.57. The van der Waals surface area contributed by atoms with Crippen molar-refractivity contribution in [3.05, 3.63) is 47.5 Å². The fraction of sp³-hybridized carbons (Fsp3) is 0.333. The first-order valence-electron chi connectivity index (χ1n) is 6.53. The van der Waals surface area contributed by atoms with Gasteiger partial charge in [0.05, 0.1) is 0 Å². The van der Waals surface area contributed by atoms with Crippen LogP contribution in [0.4, 0.5) is 0 Å². The summed E-state index contributed by atoms with van der Waals surface area (Å²) in [7, 11) is 0. The topological polar surface area (TPSA) is 49.4 Å². The minimum atomic E-state index is -0.492. The van der Waals surface area contributed by atoms with E-state index in [4.69, 9.17) is 11.6 Å². The van der Waals surface area contributed by atoms with Crippen LogP contribution in [0.15, 0.2) is 41.9 Å². The van der Waals surface area contributed by atoms with Crippen LogP contribution in [0, 0.1) is 0 Å². The van der Waals surface area contributed by atoms with Crippen molar-refractivity contribution >= 4 is 23.4 Å². The average molecular weight is 293 g/mol. The van der Waals surface area contributed by atoms with Crippen LogP contribution in [0.5, 0.6) is 0 Å². The molecule has 0 spiro atoms. The number of carbonyl (C=O) groups is 2. The predicted octanol–water partition coefficient (Wildman–Crippen LogP) is 1.70. The van der Waals surface area contributed by atoms with Gasteiger partial charge in [0.1, 0.15) is 12.1 Å². The van der Waals surface area contributed by atoms with Crippen LogP contribution in [0.2, 0.25) is 0 Å². The normalized spacial score (nSPS) is 23.2. The molecular formula is C15H17ClN2O2. The highest BCUT2D eigenvalue weighted by Gasteiger charge is 2.37. The van der Waals surface area contributed by atoms with Crippen molar-refractivity contribution in [1.82, 2.24) is 10.2 Å². The van der Waals surface area contributed by atoms with E-state index in [2.05, 4.69) is 5.32 Å². The van der Waals surface area contributed by atoms with Crippen LogP contribution in [0.25, 0.3) is 0 Å². The molecule has 106 valence electrons. The molecule has 4 nitrogen and oxygen atoms in total. The van der Waals surface area contributed by atoms with E-state index >= 15 is 0 Å². The maximum Gasteiger partial charge on any atom is 0.245 e. The van der Waals surface area contributed by atoms with Gasteiger partial charge >= 0.3 is 0 Å². The summed E-state index contributed by atoms with van der Waals surface area (Å²) in [5.74, 6) is -0.204. The minimum Gasteiger partial charge on any atom is -0.343 e. The molecule has 1 aliphatic rings. The van der Waals surface area contributed by atoms with Crippen molar-refractivity contribution in [3.8, 4) is 0 Å². The van der Waals surface area contributed by atoms with Crippen LogP contribution in [-0.2, 0) is 16.0 Å². The van der Waals surface area contributed by atoms with Gasteiger partial charge in [0, 0.05) is 18.5 Å². The highest BCUT2D eigenvalue weighted by atomic mass is 35.5. The van der Waals surface area contributed by atoms with Gasteiger partial charge in [-0.2, -0.15) is 0 Å². The molecule has 0 bridgehead atoms. The molecule has 5 heteroatoms. The van der Waals surface area contributed by atoms with Crippen molar-refractivity contribution in [2.24, 2.45) is 0 Å². The van der Waals surface area contributed by atoms with E-state index in [0.29, 0.717) is 13.0 Å². The Morgan fingerprint density at radius 2 is 2.00 bits per heavy atom. The van der Waals surface area contributed by atoms with Crippen LogP contribution in [0.3, 0.4) is 0 Å². The molecule has 2 unspecified atom stereocenters. The number of hydrogen-bond donors (Lipinski definition) is 1. The van der Waals surface area contributed by atoms with Crippen LogP contribution >= 0.6 is 11.6 Å². The molecule has 0 aromatic heterocycles. The smallest absolute Gasteiger partial charge is 0.245 e. The summed E-state index contributed by atoms with van der Waals surface area (Å²) < 4.78 is 0. The summed E-state index contributed by atoms with van der Waals surface area (Å²) in [6, 6.07) is 8.68. The summed E-state index contributed by atoms with van der Waals surface area (Å²) in [4.78, 5) is 26.0. The SMILES string of the molecule is CC1NC(=O)C(Cc2ccccc2)N(C/C=C/Cl)C1=O. The Hall–Kier alpha value is -1.81. The predicted molar refractivity (Wildman–Crippen MR) is 78.2 cm³/mol. The third kappa shape index (κ3) is 3.20. The summed E-state index contributed by atoms with van der Waals surface area (Å²) in [6.07, 6.45) is 2.17. The molecule has 1 heterocycles. The van der Waals surface area contributed by atoms with Gasteiger partial charge in [-0.25, -0.2) is 0 Å². The molecule has 0 saturated carbocycles. The zero-order chi connectivity index (χ0) is 14.5. The van der Waals surface area contributed by atoms with Crippen molar-refractivity contribution in [3.63, 3.8) is 0 Å². The van der Waals surface area contributed by atoms with Gasteiger partial charge in [-0.1, -0.05) is 48.0 Å². The number of hydrogen-bond acceptors (Lipinski definition) is 2. The first kappa shape index (κ1) is 14.6. The van der Waals surface area contributed by atoms with E-state index < -0.39 is 12.1 Å². The van der Waals surface area contributed by atoms with Gasteiger partial charge in [0.25, 0.3) is 0 Å². The Kier molecular flexibility index (Phi) is 4.79. The largest absolute Gasteiger partial charge is 0.343 e. The molecule has 1 aliphatic heterocycles. The molecular weight excluding hydrogens is 276 g/mol. The number of nitrogens with zero attached hydrogens (tertiary/aromatic N) is 1. The Balaban J connectivity index is 2.21. The molecule has 1 saturated heterocycles. The first-order valence-corrected chi connectivity index (χ1v) is 6.97. The van der Waals surface area contributed by atoms with E-state index in [1.54, 1.807) is 17.9 Å².